The fourth-order valence-corrected chi connectivity index (χ4v) is 1.62. The van der Waals surface area contributed by atoms with Crippen molar-refractivity contribution >= 4 is 0 Å². The van der Waals surface area contributed by atoms with E-state index >= 15 is 0 Å². The number of nitrogens with zero attached hydrogens (tertiary/aromatic N) is 1. The van der Waals surface area contributed by atoms with Crippen LogP contribution >= 0.6 is 0 Å². The highest BCUT2D eigenvalue weighted by atomic mass is 15.1. The predicted molar refractivity (Wildman–Crippen MR) is 64.5 cm³/mol. The minimum absolute atomic E-state index is 0.227. The maximum absolute atomic E-state index is 5.98. The van der Waals surface area contributed by atoms with Gasteiger partial charge in [-0.25, -0.2) is 0 Å². The van der Waals surface area contributed by atoms with Gasteiger partial charge in [0.05, 0.1) is 0 Å². The third-order valence-corrected chi connectivity index (χ3v) is 2.94. The molecule has 86 valence electrons. The van der Waals surface area contributed by atoms with Gasteiger partial charge in [-0.1, -0.05) is 27.7 Å². The van der Waals surface area contributed by atoms with Gasteiger partial charge in [0.25, 0.3) is 0 Å². The molecule has 1 unspecified atom stereocenters. The molecule has 2 nitrogen and oxygen atoms in total. The lowest BCUT2D eigenvalue weighted by atomic mass is 9.85. The van der Waals surface area contributed by atoms with Crippen LogP contribution in [0.2, 0.25) is 0 Å². The second-order valence-corrected chi connectivity index (χ2v) is 5.05. The Labute approximate surface area is 89.9 Å². The number of nitrogens with two attached hydrogens (primary N) is 1. The first kappa shape index (κ1) is 13.9. The van der Waals surface area contributed by atoms with Crippen LogP contribution in [-0.2, 0) is 0 Å². The monoisotopic (exact) mass is 200 g/mol. The van der Waals surface area contributed by atoms with E-state index in [1.54, 1.807) is 0 Å². The summed E-state index contributed by atoms with van der Waals surface area (Å²) in [6, 6.07) is 0.263. The lowest BCUT2D eigenvalue weighted by molar-refractivity contribution is 0.157. The van der Waals surface area contributed by atoms with Crippen LogP contribution in [0.3, 0.4) is 0 Å². The topological polar surface area (TPSA) is 29.3 Å². The smallest absolute Gasteiger partial charge is 0.00739 e. The number of hydrogen-bond acceptors (Lipinski definition) is 2. The molecule has 2 heteroatoms. The van der Waals surface area contributed by atoms with Crippen molar-refractivity contribution in [3.63, 3.8) is 0 Å². The summed E-state index contributed by atoms with van der Waals surface area (Å²) in [5.41, 5.74) is 6.21. The molecule has 0 aliphatic heterocycles. The van der Waals surface area contributed by atoms with Crippen LogP contribution in [-0.4, -0.2) is 30.6 Å². The molecule has 0 aromatic heterocycles. The van der Waals surface area contributed by atoms with E-state index in [1.807, 2.05) is 0 Å². The van der Waals surface area contributed by atoms with Crippen LogP contribution in [0.5, 0.6) is 0 Å². The van der Waals surface area contributed by atoms with Gasteiger partial charge < -0.3 is 10.6 Å². The number of hydrogen-bond donors (Lipinski definition) is 1. The van der Waals surface area contributed by atoms with Gasteiger partial charge in [0.1, 0.15) is 0 Å². The predicted octanol–water partition coefficient (Wildman–Crippen LogP) is 2.48. The molecule has 0 aliphatic rings. The third-order valence-electron chi connectivity index (χ3n) is 2.94. The van der Waals surface area contributed by atoms with Crippen molar-refractivity contribution in [3.05, 3.63) is 0 Å². The molecule has 0 bridgehead atoms. The van der Waals surface area contributed by atoms with E-state index in [-0.39, 0.29) is 11.5 Å². The molecule has 0 fully saturated rings. The van der Waals surface area contributed by atoms with Crippen LogP contribution in [0.25, 0.3) is 0 Å². The van der Waals surface area contributed by atoms with E-state index < -0.39 is 0 Å². The molecule has 0 aromatic rings. The summed E-state index contributed by atoms with van der Waals surface area (Å²) >= 11 is 0. The molecule has 0 rings (SSSR count). The molecule has 0 spiro atoms. The van der Waals surface area contributed by atoms with Gasteiger partial charge in [-0.2, -0.15) is 0 Å². The van der Waals surface area contributed by atoms with Gasteiger partial charge >= 0.3 is 0 Å². The van der Waals surface area contributed by atoms with Gasteiger partial charge in [-0.05, 0) is 38.3 Å². The van der Waals surface area contributed by atoms with Gasteiger partial charge in [0.15, 0.2) is 0 Å². The molecule has 14 heavy (non-hydrogen) atoms. The molecule has 0 aromatic carbocycles. The molecule has 2 N–H and O–H groups in total. The van der Waals surface area contributed by atoms with Crippen molar-refractivity contribution in [1.29, 1.82) is 0 Å². The lowest BCUT2D eigenvalue weighted by Gasteiger charge is -2.35. The van der Waals surface area contributed by atoms with Crippen LogP contribution < -0.4 is 5.73 Å². The standard InChI is InChI=1S/C12H28N2/c1-6-8-14(9-7-2)10-12(4,5)11(3)13/h11H,6-10,13H2,1-5H3. The average molecular weight is 200 g/mol. The van der Waals surface area contributed by atoms with Crippen molar-refractivity contribution in [3.8, 4) is 0 Å². The van der Waals surface area contributed by atoms with Gasteiger partial charge in [0.2, 0.25) is 0 Å². The largest absolute Gasteiger partial charge is 0.327 e. The normalized spacial score (nSPS) is 14.8. The van der Waals surface area contributed by atoms with Gasteiger partial charge in [0, 0.05) is 12.6 Å². The Balaban J connectivity index is 4.12. The summed E-state index contributed by atoms with van der Waals surface area (Å²) in [6.07, 6.45) is 2.46. The molecule has 0 heterocycles. The molecule has 1 atom stereocenters. The van der Waals surface area contributed by atoms with E-state index in [4.69, 9.17) is 5.73 Å². The zero-order valence-corrected chi connectivity index (χ0v) is 10.6. The second kappa shape index (κ2) is 6.41. The summed E-state index contributed by atoms with van der Waals surface area (Å²) in [5, 5.41) is 0. The van der Waals surface area contributed by atoms with Gasteiger partial charge in [-0.3, -0.25) is 0 Å². The van der Waals surface area contributed by atoms with Crippen LogP contribution in [0.15, 0.2) is 0 Å². The van der Waals surface area contributed by atoms with Crippen molar-refractivity contribution in [1.82, 2.24) is 4.90 Å². The third kappa shape index (κ3) is 4.97. The van der Waals surface area contributed by atoms with Crippen molar-refractivity contribution < 1.29 is 0 Å². The van der Waals surface area contributed by atoms with Crippen molar-refractivity contribution in [2.24, 2.45) is 11.1 Å². The Hall–Kier alpha value is -0.0800. The van der Waals surface area contributed by atoms with E-state index in [2.05, 4.69) is 39.5 Å². The molecule has 0 radical (unpaired) electrons. The van der Waals surface area contributed by atoms with E-state index in [9.17, 15) is 0 Å². The quantitative estimate of drug-likeness (QED) is 0.684. The van der Waals surface area contributed by atoms with Crippen molar-refractivity contribution in [2.45, 2.75) is 53.5 Å². The highest BCUT2D eigenvalue weighted by Crippen LogP contribution is 2.20. The molecular formula is C12H28N2. The minimum Gasteiger partial charge on any atom is -0.327 e. The number of rotatable bonds is 7. The van der Waals surface area contributed by atoms with E-state index in [1.165, 1.54) is 25.9 Å². The first-order valence-electron chi connectivity index (χ1n) is 5.92. The fraction of sp³-hybridized carbons (Fsp3) is 1.00. The fourth-order valence-electron chi connectivity index (χ4n) is 1.62. The Bertz CT molecular complexity index is 135. The molecule has 0 aliphatic carbocycles. The summed E-state index contributed by atoms with van der Waals surface area (Å²) in [5.74, 6) is 0. The van der Waals surface area contributed by atoms with E-state index in [0.29, 0.717) is 0 Å². The Morgan fingerprint density at radius 1 is 1.14 bits per heavy atom. The summed E-state index contributed by atoms with van der Waals surface area (Å²) in [7, 11) is 0. The average Bonchev–Trinajstić information content (AvgIpc) is 2.04. The molecular weight excluding hydrogens is 172 g/mol. The lowest BCUT2D eigenvalue weighted by Crippen LogP contribution is -2.44. The molecule has 0 amide bonds. The summed E-state index contributed by atoms with van der Waals surface area (Å²) in [4.78, 5) is 2.53. The van der Waals surface area contributed by atoms with Gasteiger partial charge in [-0.15, -0.1) is 0 Å². The Morgan fingerprint density at radius 2 is 1.57 bits per heavy atom. The Kier molecular flexibility index (Phi) is 6.38. The zero-order chi connectivity index (χ0) is 11.2. The van der Waals surface area contributed by atoms with Crippen LogP contribution in [0.4, 0.5) is 0 Å². The highest BCUT2D eigenvalue weighted by Gasteiger charge is 2.25. The molecule has 0 saturated carbocycles. The maximum atomic E-state index is 5.98. The highest BCUT2D eigenvalue weighted by molar-refractivity contribution is 4.81. The van der Waals surface area contributed by atoms with Crippen molar-refractivity contribution in [2.75, 3.05) is 19.6 Å². The zero-order valence-electron chi connectivity index (χ0n) is 10.6. The SMILES string of the molecule is CCCN(CCC)CC(C)(C)C(C)N. The van der Waals surface area contributed by atoms with Crippen LogP contribution in [0.1, 0.15) is 47.5 Å². The first-order valence-corrected chi connectivity index (χ1v) is 5.92. The molecule has 0 saturated heterocycles. The first-order chi connectivity index (χ1) is 6.44. The minimum atomic E-state index is 0.227. The van der Waals surface area contributed by atoms with E-state index in [0.717, 1.165) is 6.54 Å². The summed E-state index contributed by atoms with van der Waals surface area (Å²) in [6.45, 7) is 14.6. The maximum Gasteiger partial charge on any atom is 0.00739 e. The Morgan fingerprint density at radius 3 is 1.86 bits per heavy atom. The summed E-state index contributed by atoms with van der Waals surface area (Å²) < 4.78 is 0. The second-order valence-electron chi connectivity index (χ2n) is 5.05. The van der Waals surface area contributed by atoms with Crippen LogP contribution in [0, 0.1) is 5.41 Å².